The quantitative estimate of drug-likeness (QED) is 0.328. The van der Waals surface area contributed by atoms with Crippen LogP contribution < -0.4 is 10.2 Å². The molecule has 2 heterocycles. The number of anilines is 1. The molecule has 1 aromatic heterocycles. The lowest BCUT2D eigenvalue weighted by atomic mass is 10.0. The summed E-state index contributed by atoms with van der Waals surface area (Å²) in [5.41, 5.74) is 5.17. The van der Waals surface area contributed by atoms with Crippen LogP contribution in [0.2, 0.25) is 0 Å². The van der Waals surface area contributed by atoms with Crippen molar-refractivity contribution in [3.8, 4) is 0 Å². The Bertz CT molecular complexity index is 1610. The van der Waals surface area contributed by atoms with Crippen molar-refractivity contribution in [2.75, 3.05) is 18.0 Å². The smallest absolute Gasteiger partial charge is 0.254 e. The minimum Gasteiger partial charge on any atom is -0.363 e. The standard InChI is InChI=1S/C32H29N5O2/c38-31(34-18-23-7-2-1-3-8-23)25-13-14-26-20-37(16-15-36(30(26)17-25)21-27-19-33-22-35-27)32(39)29-12-6-10-24-9-4-5-11-28(24)29/h1-14,17,19,22H,15-16,18,20-21H2,(H,33,35)(H,34,38). The Morgan fingerprint density at radius 1 is 0.897 bits per heavy atom. The molecule has 5 aromatic rings. The SMILES string of the molecule is O=C(NCc1ccccc1)c1ccc2c(c1)N(Cc1c[nH]cn1)CCN(C(=O)c1cccc3ccccc13)C2. The molecule has 0 spiro atoms. The van der Waals surface area contributed by atoms with E-state index in [2.05, 4.69) is 20.2 Å². The van der Waals surface area contributed by atoms with Gasteiger partial charge < -0.3 is 20.1 Å². The number of carbonyl (C=O) groups is 2. The Hall–Kier alpha value is -4.91. The minimum absolute atomic E-state index is 0.00375. The Morgan fingerprint density at radius 2 is 1.72 bits per heavy atom. The fourth-order valence-electron chi connectivity index (χ4n) is 5.15. The largest absolute Gasteiger partial charge is 0.363 e. The number of fused-ring (bicyclic) bond motifs is 2. The average Bonchev–Trinajstić information content (AvgIpc) is 3.43. The van der Waals surface area contributed by atoms with Gasteiger partial charge in [-0.05, 0) is 40.1 Å². The molecule has 0 fully saturated rings. The van der Waals surface area contributed by atoms with Crippen LogP contribution in [-0.4, -0.2) is 39.8 Å². The third-order valence-electron chi connectivity index (χ3n) is 7.20. The van der Waals surface area contributed by atoms with Crippen molar-refractivity contribution in [3.05, 3.63) is 131 Å². The summed E-state index contributed by atoms with van der Waals surface area (Å²) in [4.78, 5) is 38.4. The summed E-state index contributed by atoms with van der Waals surface area (Å²) in [6, 6.07) is 29.5. The van der Waals surface area contributed by atoms with Crippen molar-refractivity contribution in [2.45, 2.75) is 19.6 Å². The zero-order valence-corrected chi connectivity index (χ0v) is 21.5. The number of hydrogen-bond acceptors (Lipinski definition) is 4. The number of rotatable bonds is 6. The van der Waals surface area contributed by atoms with Gasteiger partial charge in [0.2, 0.25) is 0 Å². The molecule has 194 valence electrons. The molecule has 6 rings (SSSR count). The topological polar surface area (TPSA) is 81.3 Å². The van der Waals surface area contributed by atoms with E-state index in [1.807, 2.05) is 102 Å². The highest BCUT2D eigenvalue weighted by molar-refractivity contribution is 6.07. The van der Waals surface area contributed by atoms with Crippen molar-refractivity contribution in [2.24, 2.45) is 0 Å². The number of nitrogens with one attached hydrogen (secondary N) is 2. The van der Waals surface area contributed by atoms with Gasteiger partial charge in [-0.25, -0.2) is 4.98 Å². The zero-order chi connectivity index (χ0) is 26.6. The molecule has 7 heteroatoms. The van der Waals surface area contributed by atoms with Crippen LogP contribution in [0, 0.1) is 0 Å². The van der Waals surface area contributed by atoms with Crippen molar-refractivity contribution in [1.29, 1.82) is 0 Å². The van der Waals surface area contributed by atoms with Gasteiger partial charge in [-0.2, -0.15) is 0 Å². The molecule has 0 aliphatic carbocycles. The lowest BCUT2D eigenvalue weighted by Gasteiger charge is -2.24. The third kappa shape index (κ3) is 5.25. The molecule has 7 nitrogen and oxygen atoms in total. The monoisotopic (exact) mass is 515 g/mol. The third-order valence-corrected chi connectivity index (χ3v) is 7.20. The normalized spacial score (nSPS) is 13.1. The first-order chi connectivity index (χ1) is 19.2. The van der Waals surface area contributed by atoms with Crippen molar-refractivity contribution >= 4 is 28.3 Å². The van der Waals surface area contributed by atoms with Gasteiger partial charge in [-0.1, -0.05) is 72.8 Å². The van der Waals surface area contributed by atoms with Crippen LogP contribution >= 0.6 is 0 Å². The molecule has 0 atom stereocenters. The molecule has 1 aliphatic heterocycles. The molecule has 0 radical (unpaired) electrons. The number of aromatic nitrogens is 2. The van der Waals surface area contributed by atoms with Gasteiger partial charge >= 0.3 is 0 Å². The van der Waals surface area contributed by atoms with Crippen LogP contribution in [0.3, 0.4) is 0 Å². The van der Waals surface area contributed by atoms with E-state index in [0.717, 1.165) is 33.3 Å². The van der Waals surface area contributed by atoms with E-state index in [9.17, 15) is 9.59 Å². The summed E-state index contributed by atoms with van der Waals surface area (Å²) in [7, 11) is 0. The molecular formula is C32H29N5O2. The summed E-state index contributed by atoms with van der Waals surface area (Å²) < 4.78 is 0. The first kappa shape index (κ1) is 24.4. The molecular weight excluding hydrogens is 486 g/mol. The van der Waals surface area contributed by atoms with Gasteiger partial charge in [-0.15, -0.1) is 0 Å². The first-order valence-electron chi connectivity index (χ1n) is 13.1. The van der Waals surface area contributed by atoms with E-state index in [1.165, 1.54) is 0 Å². The van der Waals surface area contributed by atoms with Crippen LogP contribution in [0.5, 0.6) is 0 Å². The van der Waals surface area contributed by atoms with E-state index in [-0.39, 0.29) is 11.8 Å². The predicted octanol–water partition coefficient (Wildman–Crippen LogP) is 5.16. The lowest BCUT2D eigenvalue weighted by Crippen LogP contribution is -2.35. The summed E-state index contributed by atoms with van der Waals surface area (Å²) in [6.45, 7) is 2.66. The highest BCUT2D eigenvalue weighted by atomic mass is 16.2. The Balaban J connectivity index is 1.29. The van der Waals surface area contributed by atoms with Crippen LogP contribution in [-0.2, 0) is 19.6 Å². The second-order valence-corrected chi connectivity index (χ2v) is 9.75. The molecule has 1 aliphatic rings. The summed E-state index contributed by atoms with van der Waals surface area (Å²) in [6.07, 6.45) is 3.54. The maximum atomic E-state index is 13.8. The Labute approximate surface area is 227 Å². The molecule has 0 bridgehead atoms. The van der Waals surface area contributed by atoms with Crippen LogP contribution in [0.1, 0.15) is 37.5 Å². The molecule has 0 unspecified atom stereocenters. The van der Waals surface area contributed by atoms with Gasteiger partial charge in [0, 0.05) is 49.2 Å². The van der Waals surface area contributed by atoms with E-state index < -0.39 is 0 Å². The molecule has 2 amide bonds. The zero-order valence-electron chi connectivity index (χ0n) is 21.5. The number of aromatic amines is 1. The fourth-order valence-corrected chi connectivity index (χ4v) is 5.15. The van der Waals surface area contributed by atoms with Gasteiger partial charge in [0.25, 0.3) is 11.8 Å². The highest BCUT2D eigenvalue weighted by Crippen LogP contribution is 2.30. The number of carbonyl (C=O) groups excluding carboxylic acids is 2. The predicted molar refractivity (Wildman–Crippen MR) is 152 cm³/mol. The average molecular weight is 516 g/mol. The van der Waals surface area contributed by atoms with Crippen LogP contribution in [0.15, 0.2) is 104 Å². The van der Waals surface area contributed by atoms with Gasteiger partial charge in [0.1, 0.15) is 0 Å². The molecule has 2 N–H and O–H groups in total. The highest BCUT2D eigenvalue weighted by Gasteiger charge is 2.26. The molecule has 4 aromatic carbocycles. The number of nitrogens with zero attached hydrogens (tertiary/aromatic N) is 3. The second kappa shape index (κ2) is 10.8. The van der Waals surface area contributed by atoms with Crippen molar-refractivity contribution < 1.29 is 9.59 Å². The maximum Gasteiger partial charge on any atom is 0.254 e. The minimum atomic E-state index is -0.130. The molecule has 0 saturated carbocycles. The Morgan fingerprint density at radius 3 is 2.56 bits per heavy atom. The number of H-pyrrole nitrogens is 1. The van der Waals surface area contributed by atoms with Gasteiger partial charge in [-0.3, -0.25) is 9.59 Å². The first-order valence-corrected chi connectivity index (χ1v) is 13.1. The maximum absolute atomic E-state index is 13.8. The summed E-state index contributed by atoms with van der Waals surface area (Å²) in [5, 5.41) is 5.02. The number of benzene rings is 4. The van der Waals surface area contributed by atoms with Crippen LogP contribution in [0.25, 0.3) is 10.8 Å². The van der Waals surface area contributed by atoms with Gasteiger partial charge in [0.05, 0.1) is 18.6 Å². The van der Waals surface area contributed by atoms with E-state index in [1.54, 1.807) is 6.33 Å². The lowest BCUT2D eigenvalue weighted by molar-refractivity contribution is 0.0753. The number of imidazole rings is 1. The summed E-state index contributed by atoms with van der Waals surface area (Å²) in [5.74, 6) is -0.127. The Kier molecular flexibility index (Phi) is 6.78. The summed E-state index contributed by atoms with van der Waals surface area (Å²) >= 11 is 0. The van der Waals surface area contributed by atoms with Crippen LogP contribution in [0.4, 0.5) is 5.69 Å². The van der Waals surface area contributed by atoms with Crippen molar-refractivity contribution in [3.63, 3.8) is 0 Å². The van der Waals surface area contributed by atoms with E-state index in [4.69, 9.17) is 0 Å². The van der Waals surface area contributed by atoms with E-state index >= 15 is 0 Å². The van der Waals surface area contributed by atoms with Crippen molar-refractivity contribution in [1.82, 2.24) is 20.2 Å². The number of hydrogen-bond donors (Lipinski definition) is 2. The molecule has 39 heavy (non-hydrogen) atoms. The second-order valence-electron chi connectivity index (χ2n) is 9.75. The molecule has 0 saturated heterocycles. The fraction of sp³-hybridized carbons (Fsp3) is 0.156. The van der Waals surface area contributed by atoms with E-state index in [0.29, 0.717) is 43.9 Å². The number of amides is 2. The van der Waals surface area contributed by atoms with Gasteiger partial charge in [0.15, 0.2) is 0 Å².